The van der Waals surface area contributed by atoms with Crippen LogP contribution >= 0.6 is 22.9 Å². The number of amides is 1. The van der Waals surface area contributed by atoms with Gasteiger partial charge in [0.2, 0.25) is 5.91 Å². The first-order chi connectivity index (χ1) is 11.1. The van der Waals surface area contributed by atoms with Gasteiger partial charge in [0.1, 0.15) is 5.15 Å². The van der Waals surface area contributed by atoms with Gasteiger partial charge in [0.25, 0.3) is 0 Å². The summed E-state index contributed by atoms with van der Waals surface area (Å²) in [6.07, 6.45) is 1.83. The maximum absolute atomic E-state index is 11.8. The highest BCUT2D eigenvalue weighted by atomic mass is 35.5. The van der Waals surface area contributed by atoms with E-state index in [0.717, 1.165) is 21.3 Å². The third kappa shape index (κ3) is 3.94. The largest absolute Gasteiger partial charge is 0.273 e. The molecule has 1 aromatic carbocycles. The fourth-order valence-electron chi connectivity index (χ4n) is 2.15. The lowest BCUT2D eigenvalue weighted by Gasteiger charge is -2.03. The minimum atomic E-state index is -0.163. The highest BCUT2D eigenvalue weighted by molar-refractivity contribution is 7.10. The van der Waals surface area contributed by atoms with Crippen LogP contribution in [-0.4, -0.2) is 17.1 Å². The molecule has 4 nitrogen and oxygen atoms in total. The van der Waals surface area contributed by atoms with Crippen LogP contribution in [0.5, 0.6) is 0 Å². The van der Waals surface area contributed by atoms with Crippen LogP contribution < -0.4 is 5.43 Å². The van der Waals surface area contributed by atoms with Crippen LogP contribution in [-0.2, 0) is 11.2 Å². The summed E-state index contributed by atoms with van der Waals surface area (Å²) in [7, 11) is 0. The van der Waals surface area contributed by atoms with Crippen molar-refractivity contribution in [2.24, 2.45) is 5.10 Å². The second-order valence-electron chi connectivity index (χ2n) is 5.11. The summed E-state index contributed by atoms with van der Waals surface area (Å²) in [5, 5.41) is 7.24. The highest BCUT2D eigenvalue weighted by Crippen LogP contribution is 2.20. The minimum absolute atomic E-state index is 0.163. The first kappa shape index (κ1) is 15.6. The van der Waals surface area contributed by atoms with Gasteiger partial charge in [0.05, 0.1) is 18.2 Å². The van der Waals surface area contributed by atoms with Gasteiger partial charge >= 0.3 is 0 Å². The molecule has 3 rings (SSSR count). The van der Waals surface area contributed by atoms with Crippen LogP contribution in [0.3, 0.4) is 0 Å². The standard InChI is InChI=1S/C17H14ClN3OS/c1-11-4-5-12-8-13(17(18)20-15(12)7-11)10-19-21-16(22)9-14-3-2-6-23-14/h2-8,10H,9H2,1H3,(H,21,22)/b19-10-. The Kier molecular flexibility index (Phi) is 4.69. The summed E-state index contributed by atoms with van der Waals surface area (Å²) in [5.74, 6) is -0.163. The van der Waals surface area contributed by atoms with E-state index in [1.807, 2.05) is 48.7 Å². The van der Waals surface area contributed by atoms with Crippen LogP contribution in [0.25, 0.3) is 10.9 Å². The molecule has 3 aromatic rings. The number of hydrazone groups is 1. The van der Waals surface area contributed by atoms with Crippen LogP contribution in [0.4, 0.5) is 0 Å². The number of hydrogen-bond donors (Lipinski definition) is 1. The summed E-state index contributed by atoms with van der Waals surface area (Å²) in [4.78, 5) is 17.1. The molecule has 0 aliphatic heterocycles. The molecule has 0 bridgehead atoms. The maximum atomic E-state index is 11.8. The number of fused-ring (bicyclic) bond motifs is 1. The first-order valence-electron chi connectivity index (χ1n) is 7.03. The zero-order valence-electron chi connectivity index (χ0n) is 12.4. The second-order valence-corrected chi connectivity index (χ2v) is 6.50. The van der Waals surface area contributed by atoms with Gasteiger partial charge in [-0.15, -0.1) is 11.3 Å². The zero-order valence-corrected chi connectivity index (χ0v) is 14.0. The third-order valence-electron chi connectivity index (χ3n) is 3.26. The van der Waals surface area contributed by atoms with Crippen molar-refractivity contribution >= 4 is 46.0 Å². The maximum Gasteiger partial charge on any atom is 0.245 e. The summed E-state index contributed by atoms with van der Waals surface area (Å²) >= 11 is 7.71. The minimum Gasteiger partial charge on any atom is -0.273 e. The number of benzene rings is 1. The van der Waals surface area contributed by atoms with Crippen LogP contribution in [0.15, 0.2) is 46.9 Å². The quantitative estimate of drug-likeness (QED) is 0.443. The molecule has 0 atom stereocenters. The normalized spacial score (nSPS) is 11.2. The lowest BCUT2D eigenvalue weighted by molar-refractivity contribution is -0.120. The number of rotatable bonds is 4. The Labute approximate surface area is 142 Å². The zero-order chi connectivity index (χ0) is 16.2. The van der Waals surface area contributed by atoms with Crippen molar-refractivity contribution in [2.45, 2.75) is 13.3 Å². The molecular formula is C17H14ClN3OS. The van der Waals surface area contributed by atoms with Gasteiger partial charge in [-0.3, -0.25) is 4.79 Å². The van der Waals surface area contributed by atoms with Crippen molar-refractivity contribution in [3.05, 3.63) is 62.9 Å². The average molecular weight is 344 g/mol. The number of nitrogens with zero attached hydrogens (tertiary/aromatic N) is 2. The number of thiophene rings is 1. The molecule has 0 aliphatic carbocycles. The second kappa shape index (κ2) is 6.89. The van der Waals surface area contributed by atoms with E-state index in [0.29, 0.717) is 17.1 Å². The summed E-state index contributed by atoms with van der Waals surface area (Å²) in [5.41, 5.74) is 5.14. The molecule has 1 amide bonds. The predicted molar refractivity (Wildman–Crippen MR) is 95.2 cm³/mol. The van der Waals surface area contributed by atoms with E-state index in [2.05, 4.69) is 15.5 Å². The molecular weight excluding hydrogens is 330 g/mol. The highest BCUT2D eigenvalue weighted by Gasteiger charge is 2.05. The number of hydrogen-bond acceptors (Lipinski definition) is 4. The molecule has 0 fully saturated rings. The van der Waals surface area contributed by atoms with Crippen LogP contribution in [0.2, 0.25) is 5.15 Å². The first-order valence-corrected chi connectivity index (χ1v) is 8.29. The molecule has 1 N–H and O–H groups in total. The Morgan fingerprint density at radius 3 is 3.04 bits per heavy atom. The Morgan fingerprint density at radius 2 is 2.26 bits per heavy atom. The topological polar surface area (TPSA) is 54.4 Å². The summed E-state index contributed by atoms with van der Waals surface area (Å²) in [6.45, 7) is 2.01. The van der Waals surface area contributed by atoms with Gasteiger partial charge < -0.3 is 0 Å². The van der Waals surface area contributed by atoms with Gasteiger partial charge in [-0.25, -0.2) is 10.4 Å². The van der Waals surface area contributed by atoms with Crippen LogP contribution in [0.1, 0.15) is 16.0 Å². The van der Waals surface area contributed by atoms with Crippen molar-refractivity contribution in [3.63, 3.8) is 0 Å². The van der Waals surface area contributed by atoms with Gasteiger partial charge in [-0.05, 0) is 36.1 Å². The fourth-order valence-corrected chi connectivity index (χ4v) is 3.04. The Balaban J connectivity index is 1.71. The average Bonchev–Trinajstić information content (AvgIpc) is 3.00. The molecule has 6 heteroatoms. The number of carbonyl (C=O) groups is 1. The van der Waals surface area contributed by atoms with E-state index in [1.54, 1.807) is 11.3 Å². The van der Waals surface area contributed by atoms with Gasteiger partial charge in [0.15, 0.2) is 0 Å². The van der Waals surface area contributed by atoms with Crippen molar-refractivity contribution in [1.29, 1.82) is 0 Å². The number of halogens is 1. The van der Waals surface area contributed by atoms with Gasteiger partial charge in [-0.1, -0.05) is 29.8 Å². The predicted octanol–water partition coefficient (Wildman–Crippen LogP) is 3.95. The molecule has 116 valence electrons. The third-order valence-corrected chi connectivity index (χ3v) is 4.44. The lowest BCUT2D eigenvalue weighted by atomic mass is 10.1. The SMILES string of the molecule is Cc1ccc2cc(/C=N\NC(=O)Cc3cccs3)c(Cl)nc2c1. The molecule has 0 aliphatic rings. The Morgan fingerprint density at radius 1 is 1.39 bits per heavy atom. The molecule has 0 saturated heterocycles. The summed E-state index contributed by atoms with van der Waals surface area (Å²) < 4.78 is 0. The molecule has 0 saturated carbocycles. The van der Waals surface area contributed by atoms with Crippen molar-refractivity contribution in [3.8, 4) is 0 Å². The van der Waals surface area contributed by atoms with Crippen molar-refractivity contribution < 1.29 is 4.79 Å². The molecule has 23 heavy (non-hydrogen) atoms. The summed E-state index contributed by atoms with van der Waals surface area (Å²) in [6, 6.07) is 11.7. The Bertz CT molecular complexity index is 875. The number of carbonyl (C=O) groups excluding carboxylic acids is 1. The molecule has 0 radical (unpaired) electrons. The lowest BCUT2D eigenvalue weighted by Crippen LogP contribution is -2.19. The number of pyridine rings is 1. The number of aryl methyl sites for hydroxylation is 1. The van der Waals surface area contributed by atoms with E-state index < -0.39 is 0 Å². The number of nitrogens with one attached hydrogen (secondary N) is 1. The van der Waals surface area contributed by atoms with Crippen molar-refractivity contribution in [2.75, 3.05) is 0 Å². The van der Waals surface area contributed by atoms with E-state index in [9.17, 15) is 4.79 Å². The van der Waals surface area contributed by atoms with E-state index in [-0.39, 0.29) is 5.91 Å². The molecule has 2 aromatic heterocycles. The van der Waals surface area contributed by atoms with Crippen molar-refractivity contribution in [1.82, 2.24) is 10.4 Å². The number of aromatic nitrogens is 1. The van der Waals surface area contributed by atoms with Gasteiger partial charge in [0, 0.05) is 15.8 Å². The van der Waals surface area contributed by atoms with E-state index in [1.165, 1.54) is 6.21 Å². The Hall–Kier alpha value is -2.24. The molecule has 0 spiro atoms. The van der Waals surface area contributed by atoms with Crippen LogP contribution in [0, 0.1) is 6.92 Å². The molecule has 2 heterocycles. The van der Waals surface area contributed by atoms with Gasteiger partial charge in [-0.2, -0.15) is 5.10 Å². The molecule has 0 unspecified atom stereocenters. The fraction of sp³-hybridized carbons (Fsp3) is 0.118. The van der Waals surface area contributed by atoms with E-state index in [4.69, 9.17) is 11.6 Å². The van der Waals surface area contributed by atoms with E-state index >= 15 is 0 Å². The smallest absolute Gasteiger partial charge is 0.245 e. The monoisotopic (exact) mass is 343 g/mol.